The van der Waals surface area contributed by atoms with Crippen LogP contribution < -0.4 is 20.9 Å². The Labute approximate surface area is 332 Å². The van der Waals surface area contributed by atoms with E-state index in [1.807, 2.05) is 6.92 Å². The summed E-state index contributed by atoms with van der Waals surface area (Å²) in [4.78, 5) is 2.50. The molecule has 0 radical (unpaired) electrons. The van der Waals surface area contributed by atoms with Gasteiger partial charge in [0.25, 0.3) is 0 Å². The van der Waals surface area contributed by atoms with E-state index in [1.54, 1.807) is 0 Å². The van der Waals surface area contributed by atoms with Crippen molar-refractivity contribution < 1.29 is 5.11 Å². The molecule has 0 amide bonds. The molecule has 5 aromatic carbocycles. The maximum atomic E-state index is 10.8. The zero-order chi connectivity index (χ0) is 39.9. The molecule has 0 aliphatic heterocycles. The molecule has 0 saturated carbocycles. The Morgan fingerprint density at radius 3 is 1.40 bits per heavy atom. The number of hydrogen-bond donors (Lipinski definition) is 4. The first kappa shape index (κ1) is 41.3. The minimum Gasteiger partial charge on any atom is -0.507 e. The summed E-state index contributed by atoms with van der Waals surface area (Å²) < 4.78 is 0. The predicted molar refractivity (Wildman–Crippen MR) is 239 cm³/mol. The fourth-order valence-electron chi connectivity index (χ4n) is 7.78. The average Bonchev–Trinajstić information content (AvgIpc) is 3.10. The summed E-state index contributed by atoms with van der Waals surface area (Å²) in [6, 6.07) is 39.2. The summed E-state index contributed by atoms with van der Waals surface area (Å²) in [5.74, 6) is 1.67. The lowest BCUT2D eigenvalue weighted by Gasteiger charge is -2.33. The van der Waals surface area contributed by atoms with Gasteiger partial charge in [-0.2, -0.15) is 0 Å². The molecule has 2 unspecified atom stereocenters. The monoisotopic (exact) mass is 739 g/mol. The van der Waals surface area contributed by atoms with E-state index in [0.29, 0.717) is 29.0 Å². The highest BCUT2D eigenvalue weighted by Gasteiger charge is 2.23. The van der Waals surface area contributed by atoms with Crippen LogP contribution in [0, 0.1) is 24.2 Å². The van der Waals surface area contributed by atoms with Gasteiger partial charge in [0.15, 0.2) is 0 Å². The summed E-state index contributed by atoms with van der Waals surface area (Å²) in [6.45, 7) is 25.5. The highest BCUT2D eigenvalue weighted by molar-refractivity contribution is 5.69. The first-order chi connectivity index (χ1) is 25.9. The van der Waals surface area contributed by atoms with E-state index in [9.17, 15) is 5.11 Å². The van der Waals surface area contributed by atoms with E-state index in [1.165, 1.54) is 23.2 Å². The summed E-state index contributed by atoms with van der Waals surface area (Å²) >= 11 is 0. The van der Waals surface area contributed by atoms with Crippen LogP contribution in [0.25, 0.3) is 0 Å². The van der Waals surface area contributed by atoms with E-state index in [0.717, 1.165) is 64.6 Å². The van der Waals surface area contributed by atoms with Gasteiger partial charge in [-0.1, -0.05) is 80.5 Å². The number of phenolic OH excluding ortho intramolecular Hbond substituents is 1. The molecule has 0 aromatic heterocycles. The Hall–Kier alpha value is -4.90. The van der Waals surface area contributed by atoms with Gasteiger partial charge in [-0.25, -0.2) is 0 Å². The minimum absolute atomic E-state index is 0.136. The number of benzene rings is 5. The molecule has 292 valence electrons. The van der Waals surface area contributed by atoms with Gasteiger partial charge in [-0.05, 0) is 169 Å². The minimum atomic E-state index is -0.136. The van der Waals surface area contributed by atoms with Gasteiger partial charge in [-0.15, -0.1) is 0 Å². The second-order valence-electron chi connectivity index (χ2n) is 18.5. The zero-order valence-corrected chi connectivity index (χ0v) is 35.3. The number of nitrogens with zero attached hydrogens (tertiary/aromatic N) is 1. The van der Waals surface area contributed by atoms with Crippen molar-refractivity contribution in [3.63, 3.8) is 0 Å². The van der Waals surface area contributed by atoms with E-state index in [2.05, 4.69) is 199 Å². The summed E-state index contributed by atoms with van der Waals surface area (Å²) in [5.41, 5.74) is 12.3. The molecule has 0 fully saturated rings. The third kappa shape index (κ3) is 12.3. The van der Waals surface area contributed by atoms with Gasteiger partial charge in [0.05, 0.1) is 0 Å². The van der Waals surface area contributed by atoms with Crippen molar-refractivity contribution >= 4 is 39.8 Å². The maximum Gasteiger partial charge on any atom is 0.122 e. The van der Waals surface area contributed by atoms with Crippen molar-refractivity contribution in [2.24, 2.45) is 17.3 Å². The van der Waals surface area contributed by atoms with Crippen LogP contribution in [0.3, 0.4) is 0 Å². The van der Waals surface area contributed by atoms with E-state index in [4.69, 9.17) is 0 Å². The third-order valence-corrected chi connectivity index (χ3v) is 10.2. The fraction of sp³-hybridized carbons (Fsp3) is 0.400. The van der Waals surface area contributed by atoms with Gasteiger partial charge in [0, 0.05) is 52.4 Å². The van der Waals surface area contributed by atoms with Crippen molar-refractivity contribution in [2.75, 3.05) is 20.9 Å². The molecule has 5 aromatic rings. The van der Waals surface area contributed by atoms with E-state index in [-0.39, 0.29) is 5.41 Å². The largest absolute Gasteiger partial charge is 0.507 e. The van der Waals surface area contributed by atoms with Gasteiger partial charge >= 0.3 is 0 Å². The molecule has 0 bridgehead atoms. The number of aryl methyl sites for hydroxylation is 1. The molecule has 4 N–H and O–H groups in total. The molecule has 55 heavy (non-hydrogen) atoms. The topological polar surface area (TPSA) is 59.6 Å². The van der Waals surface area contributed by atoms with Crippen molar-refractivity contribution in [1.29, 1.82) is 0 Å². The molecule has 5 nitrogen and oxygen atoms in total. The molecular formula is C50H66N4O. The Bertz CT molecular complexity index is 1950. The van der Waals surface area contributed by atoms with Crippen LogP contribution >= 0.6 is 0 Å². The van der Waals surface area contributed by atoms with Gasteiger partial charge in [0.1, 0.15) is 5.75 Å². The Morgan fingerprint density at radius 1 is 0.582 bits per heavy atom. The molecule has 0 spiro atoms. The van der Waals surface area contributed by atoms with Crippen LogP contribution in [0.15, 0.2) is 109 Å². The van der Waals surface area contributed by atoms with Crippen molar-refractivity contribution in [2.45, 2.75) is 113 Å². The SMILES string of the molecule is Cc1cc(CN(c2ccc(Nc3ccc(Nc4ccc(Nc5ccc(CC(C)CC(C)(C)C)cc5)cc4)cc3)cc2)C(C)CC(C)C)cc(C(C)(C)C)c1O. The second-order valence-corrected chi connectivity index (χ2v) is 18.5. The maximum absolute atomic E-state index is 10.8. The number of anilines is 7. The van der Waals surface area contributed by atoms with Crippen LogP contribution in [-0.4, -0.2) is 11.1 Å². The molecule has 5 heteroatoms. The smallest absolute Gasteiger partial charge is 0.122 e. The third-order valence-electron chi connectivity index (χ3n) is 10.2. The second kappa shape index (κ2) is 17.7. The number of phenols is 1. The molecule has 0 saturated heterocycles. The van der Waals surface area contributed by atoms with E-state index >= 15 is 0 Å². The number of nitrogens with one attached hydrogen (secondary N) is 3. The Morgan fingerprint density at radius 2 is 1.00 bits per heavy atom. The molecule has 5 rings (SSSR count). The fourth-order valence-corrected chi connectivity index (χ4v) is 7.78. The lowest BCUT2D eigenvalue weighted by molar-refractivity contribution is 0.306. The predicted octanol–water partition coefficient (Wildman–Crippen LogP) is 14.3. The Balaban J connectivity index is 1.17. The number of hydrogen-bond acceptors (Lipinski definition) is 5. The lowest BCUT2D eigenvalue weighted by atomic mass is 9.83. The Kier molecular flexibility index (Phi) is 13.3. The van der Waals surface area contributed by atoms with Gasteiger partial charge < -0.3 is 26.0 Å². The molecule has 2 atom stereocenters. The molecule has 0 heterocycles. The van der Waals surface area contributed by atoms with E-state index < -0.39 is 0 Å². The molecule has 0 aliphatic carbocycles. The first-order valence-electron chi connectivity index (χ1n) is 20.2. The molecular weight excluding hydrogens is 673 g/mol. The van der Waals surface area contributed by atoms with Crippen LogP contribution in [0.2, 0.25) is 0 Å². The zero-order valence-electron chi connectivity index (χ0n) is 35.3. The normalized spacial score (nSPS) is 13.0. The van der Waals surface area contributed by atoms with Crippen LogP contribution in [0.1, 0.15) is 104 Å². The van der Waals surface area contributed by atoms with Crippen molar-refractivity contribution in [3.05, 3.63) is 131 Å². The number of rotatable bonds is 15. The number of aromatic hydroxyl groups is 1. The quantitative estimate of drug-likeness (QED) is 0.0861. The standard InChI is InChI=1S/C50H66N4O/c1-34(2)28-37(5)54(33-39-30-36(4)48(55)47(31-39)50(9,10)11)46-26-24-45(25-27-46)53-44-22-20-43(21-23-44)52-42-18-16-41(17-19-42)51-40-14-12-38(13-15-40)29-35(3)32-49(6,7)8/h12-27,30-31,34-35,37,51-53,55H,28-29,32-33H2,1-11H3. The van der Waals surface area contributed by atoms with Gasteiger partial charge in [-0.3, -0.25) is 0 Å². The van der Waals surface area contributed by atoms with Crippen molar-refractivity contribution in [1.82, 2.24) is 0 Å². The first-order valence-corrected chi connectivity index (χ1v) is 20.2. The summed E-state index contributed by atoms with van der Waals surface area (Å²) in [6.07, 6.45) is 3.43. The molecule has 0 aliphatic rings. The van der Waals surface area contributed by atoms with Crippen LogP contribution in [-0.2, 0) is 18.4 Å². The summed E-state index contributed by atoms with van der Waals surface area (Å²) in [5, 5.41) is 21.5. The van der Waals surface area contributed by atoms with Crippen molar-refractivity contribution in [3.8, 4) is 5.75 Å². The highest BCUT2D eigenvalue weighted by atomic mass is 16.3. The van der Waals surface area contributed by atoms with Crippen LogP contribution in [0.5, 0.6) is 5.75 Å². The highest BCUT2D eigenvalue weighted by Crippen LogP contribution is 2.36. The average molecular weight is 739 g/mol. The van der Waals surface area contributed by atoms with Crippen LogP contribution in [0.4, 0.5) is 39.8 Å². The summed E-state index contributed by atoms with van der Waals surface area (Å²) in [7, 11) is 0. The lowest BCUT2D eigenvalue weighted by Crippen LogP contribution is -2.33. The van der Waals surface area contributed by atoms with Gasteiger partial charge in [0.2, 0.25) is 0 Å².